The van der Waals surface area contributed by atoms with Gasteiger partial charge in [-0.2, -0.15) is 0 Å². The second-order valence-corrected chi connectivity index (χ2v) is 14.0. The zero-order valence-corrected chi connectivity index (χ0v) is 27.5. The van der Waals surface area contributed by atoms with Gasteiger partial charge in [0, 0.05) is 27.7 Å². The summed E-state index contributed by atoms with van der Waals surface area (Å²) in [5.41, 5.74) is 0.595. The molecule has 4 rings (SSSR count). The van der Waals surface area contributed by atoms with Gasteiger partial charge in [0.1, 0.15) is 12.6 Å². The Morgan fingerprint density at radius 3 is 2.19 bits per heavy atom. The van der Waals surface area contributed by atoms with Crippen LogP contribution < -0.4 is 9.62 Å². The van der Waals surface area contributed by atoms with Gasteiger partial charge in [-0.1, -0.05) is 96.9 Å². The first kappa shape index (κ1) is 33.4. The number of hydrogen-bond donors (Lipinski definition) is 1. The van der Waals surface area contributed by atoms with Crippen molar-refractivity contribution in [2.45, 2.75) is 69.0 Å². The molecule has 2 amide bonds. The van der Waals surface area contributed by atoms with E-state index in [1.165, 1.54) is 35.2 Å². The van der Waals surface area contributed by atoms with E-state index in [-0.39, 0.29) is 39.1 Å². The average molecular weight is 686 g/mol. The van der Waals surface area contributed by atoms with Crippen molar-refractivity contribution in [1.82, 2.24) is 10.2 Å². The molecule has 3 aromatic rings. The van der Waals surface area contributed by atoms with E-state index in [2.05, 4.69) is 5.32 Å². The van der Waals surface area contributed by atoms with E-state index in [1.54, 1.807) is 43.3 Å². The summed E-state index contributed by atoms with van der Waals surface area (Å²) in [6.45, 7) is 1.12. The van der Waals surface area contributed by atoms with Crippen LogP contribution in [0.15, 0.2) is 71.6 Å². The summed E-state index contributed by atoms with van der Waals surface area (Å²) in [5.74, 6) is -0.918. The Balaban J connectivity index is 1.75. The lowest BCUT2D eigenvalue weighted by atomic mass is 9.95. The zero-order valence-electron chi connectivity index (χ0n) is 23.6. The van der Waals surface area contributed by atoms with Crippen LogP contribution in [-0.4, -0.2) is 43.8 Å². The average Bonchev–Trinajstić information content (AvgIpc) is 2.99. The Kier molecular flexibility index (Phi) is 11.6. The number of anilines is 1. The monoisotopic (exact) mass is 683 g/mol. The summed E-state index contributed by atoms with van der Waals surface area (Å²) in [7, 11) is -4.29. The van der Waals surface area contributed by atoms with Crippen LogP contribution in [0.2, 0.25) is 20.1 Å². The Labute approximate surface area is 273 Å². The predicted octanol–water partition coefficient (Wildman–Crippen LogP) is 7.75. The SMILES string of the molecule is CC[C@H](C(=O)NC1CCCCC1)N(Cc1ccc(Cl)cc1Cl)C(=O)CN(c1cc(Cl)ccc1Cl)S(=O)(=O)c1ccccc1. The van der Waals surface area contributed by atoms with Crippen molar-refractivity contribution in [1.29, 1.82) is 0 Å². The lowest BCUT2D eigenvalue weighted by Gasteiger charge is -2.34. The lowest BCUT2D eigenvalue weighted by molar-refractivity contribution is -0.140. The largest absolute Gasteiger partial charge is 0.352 e. The van der Waals surface area contributed by atoms with Crippen molar-refractivity contribution in [2.24, 2.45) is 0 Å². The molecule has 12 heteroatoms. The first-order valence-electron chi connectivity index (χ1n) is 14.1. The van der Waals surface area contributed by atoms with Crippen LogP contribution in [0, 0.1) is 0 Å². The highest BCUT2D eigenvalue weighted by Gasteiger charge is 2.35. The molecule has 0 bridgehead atoms. The van der Waals surface area contributed by atoms with Gasteiger partial charge in [-0.05, 0) is 67.3 Å². The summed E-state index contributed by atoms with van der Waals surface area (Å²) in [5, 5.41) is 4.18. The van der Waals surface area contributed by atoms with Crippen molar-refractivity contribution >= 4 is 73.9 Å². The number of amides is 2. The van der Waals surface area contributed by atoms with Gasteiger partial charge < -0.3 is 10.2 Å². The maximum Gasteiger partial charge on any atom is 0.264 e. The van der Waals surface area contributed by atoms with Crippen LogP contribution >= 0.6 is 46.4 Å². The Hall–Kier alpha value is -2.49. The lowest BCUT2D eigenvalue weighted by Crippen LogP contribution is -2.54. The first-order chi connectivity index (χ1) is 20.5. The minimum absolute atomic E-state index is 0.0200. The number of sulfonamides is 1. The van der Waals surface area contributed by atoms with Crippen LogP contribution in [0.1, 0.15) is 51.0 Å². The normalized spacial score (nSPS) is 14.6. The number of nitrogens with one attached hydrogen (secondary N) is 1. The summed E-state index contributed by atoms with van der Waals surface area (Å²) in [6.07, 6.45) is 5.21. The van der Waals surface area contributed by atoms with Crippen molar-refractivity contribution in [3.8, 4) is 0 Å². The fraction of sp³-hybridized carbons (Fsp3) is 0.355. The molecule has 43 heavy (non-hydrogen) atoms. The topological polar surface area (TPSA) is 86.8 Å². The minimum atomic E-state index is -4.29. The van der Waals surface area contributed by atoms with E-state index in [0.717, 1.165) is 36.4 Å². The van der Waals surface area contributed by atoms with Crippen molar-refractivity contribution < 1.29 is 18.0 Å². The van der Waals surface area contributed by atoms with Gasteiger partial charge in [-0.3, -0.25) is 13.9 Å². The molecule has 0 unspecified atom stereocenters. The maximum atomic E-state index is 14.3. The van der Waals surface area contributed by atoms with Gasteiger partial charge in [-0.25, -0.2) is 8.42 Å². The molecular formula is C31H33Cl4N3O4S. The van der Waals surface area contributed by atoms with E-state index < -0.39 is 28.5 Å². The summed E-state index contributed by atoms with van der Waals surface area (Å²) >= 11 is 25.3. The quantitative estimate of drug-likeness (QED) is 0.224. The number of nitrogens with zero attached hydrogens (tertiary/aromatic N) is 2. The van der Waals surface area contributed by atoms with E-state index in [9.17, 15) is 18.0 Å². The number of benzene rings is 3. The number of carbonyl (C=O) groups is 2. The Bertz CT molecular complexity index is 1550. The van der Waals surface area contributed by atoms with Crippen molar-refractivity contribution in [3.63, 3.8) is 0 Å². The van der Waals surface area contributed by atoms with Gasteiger partial charge in [0.25, 0.3) is 10.0 Å². The van der Waals surface area contributed by atoms with E-state index >= 15 is 0 Å². The molecule has 1 fully saturated rings. The smallest absolute Gasteiger partial charge is 0.264 e. The molecule has 0 saturated heterocycles. The van der Waals surface area contributed by atoms with E-state index in [0.29, 0.717) is 22.0 Å². The number of halogens is 4. The second kappa shape index (κ2) is 15.0. The van der Waals surface area contributed by atoms with E-state index in [1.807, 2.05) is 0 Å². The Morgan fingerprint density at radius 1 is 0.884 bits per heavy atom. The molecule has 7 nitrogen and oxygen atoms in total. The van der Waals surface area contributed by atoms with Crippen LogP contribution in [0.25, 0.3) is 0 Å². The predicted molar refractivity (Wildman–Crippen MR) is 174 cm³/mol. The maximum absolute atomic E-state index is 14.3. The van der Waals surface area contributed by atoms with Gasteiger partial charge in [0.15, 0.2) is 0 Å². The number of rotatable bonds is 11. The van der Waals surface area contributed by atoms with Crippen molar-refractivity contribution in [2.75, 3.05) is 10.8 Å². The zero-order chi connectivity index (χ0) is 31.1. The van der Waals surface area contributed by atoms with Crippen LogP contribution in [0.3, 0.4) is 0 Å². The van der Waals surface area contributed by atoms with Gasteiger partial charge in [0.2, 0.25) is 11.8 Å². The molecule has 0 heterocycles. The van der Waals surface area contributed by atoms with Gasteiger partial charge in [-0.15, -0.1) is 0 Å². The summed E-state index contributed by atoms with van der Waals surface area (Å²) in [4.78, 5) is 29.3. The minimum Gasteiger partial charge on any atom is -0.352 e. The third kappa shape index (κ3) is 8.37. The molecule has 0 spiro atoms. The van der Waals surface area contributed by atoms with Gasteiger partial charge in [0.05, 0.1) is 15.6 Å². The molecule has 1 saturated carbocycles. The van der Waals surface area contributed by atoms with Crippen LogP contribution in [0.5, 0.6) is 0 Å². The Morgan fingerprint density at radius 2 is 1.53 bits per heavy atom. The third-order valence-corrected chi connectivity index (χ3v) is 10.4. The van der Waals surface area contributed by atoms with Crippen LogP contribution in [0.4, 0.5) is 5.69 Å². The second-order valence-electron chi connectivity index (χ2n) is 10.4. The van der Waals surface area contributed by atoms with Crippen molar-refractivity contribution in [3.05, 3.63) is 92.4 Å². The number of hydrogen-bond acceptors (Lipinski definition) is 4. The van der Waals surface area contributed by atoms with Gasteiger partial charge >= 0.3 is 0 Å². The standard InChI is InChI=1S/C31H33Cl4N3O4S/c1-2-28(31(40)36-24-9-5-3-6-10-24)37(19-21-13-14-22(32)17-27(21)35)30(39)20-38(29-18-23(33)15-16-26(29)34)43(41,42)25-11-7-4-8-12-25/h4,7-8,11-18,24,28H,2-3,5-6,9-10,19-20H2,1H3,(H,36,40)/t28-/m1/s1. The molecule has 230 valence electrons. The first-order valence-corrected chi connectivity index (χ1v) is 17.0. The highest BCUT2D eigenvalue weighted by atomic mass is 35.5. The summed E-state index contributed by atoms with van der Waals surface area (Å²) < 4.78 is 28.9. The molecule has 3 aromatic carbocycles. The molecule has 1 atom stereocenters. The fourth-order valence-electron chi connectivity index (χ4n) is 5.21. The van der Waals surface area contributed by atoms with Crippen LogP contribution in [-0.2, 0) is 26.2 Å². The molecule has 1 aliphatic rings. The highest BCUT2D eigenvalue weighted by Crippen LogP contribution is 2.33. The highest BCUT2D eigenvalue weighted by molar-refractivity contribution is 7.92. The van der Waals surface area contributed by atoms with E-state index in [4.69, 9.17) is 46.4 Å². The number of carbonyl (C=O) groups excluding carboxylic acids is 2. The molecule has 1 aliphatic carbocycles. The fourth-order valence-corrected chi connectivity index (χ4v) is 7.56. The molecule has 0 aromatic heterocycles. The molecule has 0 aliphatic heterocycles. The third-order valence-electron chi connectivity index (χ3n) is 7.48. The molecule has 0 radical (unpaired) electrons. The molecule has 1 N–H and O–H groups in total. The summed E-state index contributed by atoms with van der Waals surface area (Å²) in [6, 6.07) is 16.1. The molecular weight excluding hydrogens is 652 g/mol.